The van der Waals surface area contributed by atoms with Gasteiger partial charge in [0.15, 0.2) is 5.76 Å². The van der Waals surface area contributed by atoms with Gasteiger partial charge in [0.2, 0.25) is 5.91 Å². The third-order valence-electron chi connectivity index (χ3n) is 4.64. The summed E-state index contributed by atoms with van der Waals surface area (Å²) in [5, 5.41) is 0. The van der Waals surface area contributed by atoms with Crippen LogP contribution in [0, 0.1) is 6.92 Å². The van der Waals surface area contributed by atoms with Crippen LogP contribution in [0.25, 0.3) is 0 Å². The molecule has 0 radical (unpaired) electrons. The summed E-state index contributed by atoms with van der Waals surface area (Å²) in [5.41, 5.74) is 0.475. The third-order valence-corrected chi connectivity index (χ3v) is 4.64. The zero-order valence-corrected chi connectivity index (χ0v) is 14.0. The Morgan fingerprint density at radius 3 is 2.52 bits per heavy atom. The Bertz CT molecular complexity index is 619. The van der Waals surface area contributed by atoms with Gasteiger partial charge in [-0.3, -0.25) is 14.5 Å². The number of likely N-dealkylation sites (tertiary alicyclic amines) is 1. The minimum Gasteiger partial charge on any atom is -0.459 e. The summed E-state index contributed by atoms with van der Waals surface area (Å²) < 4.78 is 11.2. The van der Waals surface area contributed by atoms with Gasteiger partial charge in [0.25, 0.3) is 5.91 Å². The molecule has 0 N–H and O–H groups in total. The molecule has 1 aromatic heterocycles. The average Bonchev–Trinajstić information content (AvgIpc) is 2.89. The van der Waals surface area contributed by atoms with Gasteiger partial charge in [0.1, 0.15) is 11.6 Å². The maximum absolute atomic E-state index is 12.4. The van der Waals surface area contributed by atoms with Crippen LogP contribution in [0.15, 0.2) is 16.7 Å². The van der Waals surface area contributed by atoms with Gasteiger partial charge in [-0.15, -0.1) is 0 Å². The van der Waals surface area contributed by atoms with Gasteiger partial charge in [0.05, 0.1) is 26.0 Å². The first kappa shape index (κ1) is 16.0. The van der Waals surface area contributed by atoms with Crippen molar-refractivity contribution in [1.82, 2.24) is 14.7 Å². The van der Waals surface area contributed by atoms with Gasteiger partial charge in [0, 0.05) is 26.2 Å². The molecule has 1 unspecified atom stereocenters. The number of rotatable bonds is 2. The molecule has 23 heavy (non-hydrogen) atoms. The number of carbonyl (C=O) groups excluding carboxylic acids is 2. The second-order valence-electron chi connectivity index (χ2n) is 6.75. The van der Waals surface area contributed by atoms with Crippen LogP contribution in [0.3, 0.4) is 0 Å². The van der Waals surface area contributed by atoms with Crippen LogP contribution < -0.4 is 0 Å². The fourth-order valence-corrected chi connectivity index (χ4v) is 3.27. The van der Waals surface area contributed by atoms with E-state index in [1.807, 2.05) is 18.9 Å². The van der Waals surface area contributed by atoms with E-state index in [4.69, 9.17) is 9.15 Å². The molecule has 0 aliphatic carbocycles. The Morgan fingerprint density at radius 1 is 1.30 bits per heavy atom. The molecule has 0 bridgehead atoms. The van der Waals surface area contributed by atoms with Crippen molar-refractivity contribution >= 4 is 11.8 Å². The number of likely N-dealkylation sites (N-methyl/N-ethyl adjacent to an activating group) is 2. The van der Waals surface area contributed by atoms with E-state index >= 15 is 0 Å². The number of aryl methyl sites for hydroxylation is 1. The lowest BCUT2D eigenvalue weighted by Crippen LogP contribution is -2.73. The fraction of sp³-hybridized carbons (Fsp3) is 0.625. The summed E-state index contributed by atoms with van der Waals surface area (Å²) in [5.74, 6) is 0.335. The lowest BCUT2D eigenvalue weighted by Gasteiger charge is -2.54. The summed E-state index contributed by atoms with van der Waals surface area (Å²) in [6.07, 6.45) is 1.53. The maximum Gasteiger partial charge on any atom is 0.290 e. The average molecular weight is 321 g/mol. The predicted molar refractivity (Wildman–Crippen MR) is 83.1 cm³/mol. The number of morpholine rings is 1. The van der Waals surface area contributed by atoms with Crippen LogP contribution >= 0.6 is 0 Å². The van der Waals surface area contributed by atoms with Crippen LogP contribution in [0.5, 0.6) is 0 Å². The highest BCUT2D eigenvalue weighted by Crippen LogP contribution is 2.32. The van der Waals surface area contributed by atoms with Gasteiger partial charge in [-0.05, 0) is 20.0 Å². The molecule has 2 amide bonds. The molecule has 1 atom stereocenters. The van der Waals surface area contributed by atoms with E-state index in [2.05, 4.69) is 0 Å². The normalized spacial score (nSPS) is 23.7. The number of amides is 2. The van der Waals surface area contributed by atoms with Crippen molar-refractivity contribution in [3.63, 3.8) is 0 Å². The number of hydrogen-bond acceptors (Lipinski definition) is 5. The van der Waals surface area contributed by atoms with Gasteiger partial charge in [-0.1, -0.05) is 0 Å². The molecule has 3 rings (SSSR count). The predicted octanol–water partition coefficient (Wildman–Crippen LogP) is 0.201. The molecule has 2 saturated heterocycles. The van der Waals surface area contributed by atoms with Crippen LogP contribution in [-0.4, -0.2) is 85.5 Å². The molecular formula is C16H23N3O4. The number of carbonyl (C=O) groups is 2. The van der Waals surface area contributed by atoms with E-state index < -0.39 is 0 Å². The highest BCUT2D eigenvalue weighted by atomic mass is 16.5. The summed E-state index contributed by atoms with van der Waals surface area (Å²) in [6, 6.07) is 1.53. The second kappa shape index (κ2) is 5.65. The van der Waals surface area contributed by atoms with E-state index in [1.165, 1.54) is 6.26 Å². The standard InChI is InChI=1S/C16H23N3O4/c1-11-5-6-22-13(11)15(21)19-9-16(10-19)8-18(4)12(7-23-16)14(20)17(2)3/h5-6,12H,7-10H2,1-4H3. The molecule has 0 saturated carbocycles. The number of nitrogens with zero attached hydrogens (tertiary/aromatic N) is 3. The van der Waals surface area contributed by atoms with Crippen molar-refractivity contribution in [2.24, 2.45) is 0 Å². The van der Waals surface area contributed by atoms with E-state index in [0.29, 0.717) is 32.0 Å². The van der Waals surface area contributed by atoms with Crippen molar-refractivity contribution in [2.75, 3.05) is 47.4 Å². The Morgan fingerprint density at radius 2 is 2.00 bits per heavy atom. The smallest absolute Gasteiger partial charge is 0.290 e. The molecule has 7 nitrogen and oxygen atoms in total. The van der Waals surface area contributed by atoms with Gasteiger partial charge in [-0.25, -0.2) is 0 Å². The molecular weight excluding hydrogens is 298 g/mol. The second-order valence-corrected chi connectivity index (χ2v) is 6.75. The Kier molecular flexibility index (Phi) is 3.93. The summed E-state index contributed by atoms with van der Waals surface area (Å²) in [4.78, 5) is 29.8. The minimum absolute atomic E-state index is 0.0424. The Hall–Kier alpha value is -1.86. The monoisotopic (exact) mass is 321 g/mol. The van der Waals surface area contributed by atoms with Crippen molar-refractivity contribution in [2.45, 2.75) is 18.6 Å². The first-order chi connectivity index (χ1) is 10.8. The number of ether oxygens (including phenoxy) is 1. The Balaban J connectivity index is 1.60. The molecule has 126 valence electrons. The van der Waals surface area contributed by atoms with Gasteiger partial charge < -0.3 is 19.0 Å². The zero-order valence-electron chi connectivity index (χ0n) is 14.0. The van der Waals surface area contributed by atoms with Gasteiger partial charge in [-0.2, -0.15) is 0 Å². The quantitative estimate of drug-likeness (QED) is 0.779. The highest BCUT2D eigenvalue weighted by molar-refractivity contribution is 5.93. The molecule has 1 spiro atoms. The molecule has 2 fully saturated rings. The lowest BCUT2D eigenvalue weighted by molar-refractivity contribution is -0.190. The summed E-state index contributed by atoms with van der Waals surface area (Å²) in [6.45, 7) is 3.90. The van der Waals surface area contributed by atoms with Crippen molar-refractivity contribution < 1.29 is 18.7 Å². The van der Waals surface area contributed by atoms with Crippen LogP contribution in [0.4, 0.5) is 0 Å². The van der Waals surface area contributed by atoms with Crippen molar-refractivity contribution in [1.29, 1.82) is 0 Å². The lowest BCUT2D eigenvalue weighted by atomic mass is 9.90. The van der Waals surface area contributed by atoms with Gasteiger partial charge >= 0.3 is 0 Å². The molecule has 2 aliphatic heterocycles. The SMILES string of the molecule is Cc1ccoc1C(=O)N1CC2(C1)CN(C)C(C(=O)N(C)C)CO2. The molecule has 7 heteroatoms. The van der Waals surface area contributed by atoms with Crippen LogP contribution in [0.1, 0.15) is 16.1 Å². The number of furan rings is 1. The van der Waals surface area contributed by atoms with E-state index in [0.717, 1.165) is 5.56 Å². The van der Waals surface area contributed by atoms with Crippen molar-refractivity contribution in [3.05, 3.63) is 23.7 Å². The first-order valence-corrected chi connectivity index (χ1v) is 7.72. The minimum atomic E-state index is -0.367. The van der Waals surface area contributed by atoms with E-state index in [1.54, 1.807) is 30.0 Å². The highest BCUT2D eigenvalue weighted by Gasteiger charge is 2.51. The third kappa shape index (κ3) is 2.74. The maximum atomic E-state index is 12.4. The van der Waals surface area contributed by atoms with Crippen LogP contribution in [-0.2, 0) is 9.53 Å². The fourth-order valence-electron chi connectivity index (χ4n) is 3.27. The molecule has 0 aromatic carbocycles. The summed E-state index contributed by atoms with van der Waals surface area (Å²) >= 11 is 0. The molecule has 1 aromatic rings. The van der Waals surface area contributed by atoms with E-state index in [-0.39, 0.29) is 23.5 Å². The first-order valence-electron chi connectivity index (χ1n) is 7.72. The summed E-state index contributed by atoms with van der Waals surface area (Å²) in [7, 11) is 5.42. The Labute approximate surface area is 135 Å². The topological polar surface area (TPSA) is 66.2 Å². The molecule has 3 heterocycles. The molecule has 2 aliphatic rings. The van der Waals surface area contributed by atoms with E-state index in [9.17, 15) is 9.59 Å². The zero-order chi connectivity index (χ0) is 16.8. The largest absolute Gasteiger partial charge is 0.459 e. The van der Waals surface area contributed by atoms with Crippen LogP contribution in [0.2, 0.25) is 0 Å². The number of hydrogen-bond donors (Lipinski definition) is 0. The van der Waals surface area contributed by atoms with Crippen molar-refractivity contribution in [3.8, 4) is 0 Å².